The van der Waals surface area contributed by atoms with Crippen LogP contribution in [0.5, 0.6) is 0 Å². The van der Waals surface area contributed by atoms with Crippen molar-refractivity contribution in [2.24, 2.45) is 0 Å². The average Bonchev–Trinajstić information content (AvgIpc) is 2.29. The van der Waals surface area contributed by atoms with Gasteiger partial charge >= 0.3 is 0 Å². The van der Waals surface area contributed by atoms with Gasteiger partial charge in [0.1, 0.15) is 0 Å². The minimum absolute atomic E-state index is 0.0499. The van der Waals surface area contributed by atoms with Crippen molar-refractivity contribution in [2.75, 3.05) is 26.4 Å². The molecule has 0 saturated heterocycles. The zero-order valence-corrected chi connectivity index (χ0v) is 11.7. The second-order valence-corrected chi connectivity index (χ2v) is 5.04. The lowest BCUT2D eigenvalue weighted by molar-refractivity contribution is 0.0936. The van der Waals surface area contributed by atoms with Crippen LogP contribution in [-0.4, -0.2) is 37.5 Å². The number of nitrogen functional groups attached to an aromatic ring is 1. The monoisotopic (exact) mass is 249 g/mol. The lowest BCUT2D eigenvalue weighted by Crippen LogP contribution is -2.35. The standard InChI is InChI=1S/C14H23N3O/c1-10-5-6-12(15)9-13(10)14(18)16-11(2)7-8-17(3)4/h5-6,9,11H,7-8,15H2,1-4H3,(H,16,18). The number of nitrogens with two attached hydrogens (primary N) is 1. The van der Waals surface area contributed by atoms with E-state index < -0.39 is 0 Å². The molecule has 0 saturated carbocycles. The molecular weight excluding hydrogens is 226 g/mol. The molecule has 0 aliphatic rings. The maximum Gasteiger partial charge on any atom is 0.251 e. The molecule has 1 rings (SSSR count). The highest BCUT2D eigenvalue weighted by molar-refractivity contribution is 5.96. The molecule has 1 atom stereocenters. The summed E-state index contributed by atoms with van der Waals surface area (Å²) in [4.78, 5) is 14.2. The summed E-state index contributed by atoms with van der Waals surface area (Å²) in [5, 5.41) is 3.00. The fraction of sp³-hybridized carbons (Fsp3) is 0.500. The van der Waals surface area contributed by atoms with Gasteiger partial charge in [0.2, 0.25) is 0 Å². The summed E-state index contributed by atoms with van der Waals surface area (Å²) in [6.07, 6.45) is 0.931. The van der Waals surface area contributed by atoms with Gasteiger partial charge in [-0.3, -0.25) is 4.79 Å². The average molecular weight is 249 g/mol. The molecule has 4 heteroatoms. The van der Waals surface area contributed by atoms with E-state index in [-0.39, 0.29) is 11.9 Å². The van der Waals surface area contributed by atoms with Crippen molar-refractivity contribution >= 4 is 11.6 Å². The van der Waals surface area contributed by atoms with Crippen molar-refractivity contribution in [3.63, 3.8) is 0 Å². The molecule has 1 aromatic carbocycles. The van der Waals surface area contributed by atoms with E-state index in [1.165, 1.54) is 0 Å². The number of benzene rings is 1. The number of carbonyl (C=O) groups excluding carboxylic acids is 1. The maximum absolute atomic E-state index is 12.1. The second kappa shape index (κ2) is 6.40. The number of aryl methyl sites for hydroxylation is 1. The molecule has 1 aromatic rings. The van der Waals surface area contributed by atoms with Crippen LogP contribution < -0.4 is 11.1 Å². The van der Waals surface area contributed by atoms with Gasteiger partial charge in [-0.05, 0) is 58.6 Å². The highest BCUT2D eigenvalue weighted by atomic mass is 16.1. The van der Waals surface area contributed by atoms with Crippen molar-refractivity contribution in [2.45, 2.75) is 26.3 Å². The van der Waals surface area contributed by atoms with Crippen LogP contribution in [-0.2, 0) is 0 Å². The number of rotatable bonds is 5. The smallest absolute Gasteiger partial charge is 0.251 e. The highest BCUT2D eigenvalue weighted by Crippen LogP contribution is 2.12. The molecular formula is C14H23N3O. The first-order valence-electron chi connectivity index (χ1n) is 6.22. The van der Waals surface area contributed by atoms with Crippen molar-refractivity contribution < 1.29 is 4.79 Å². The Hall–Kier alpha value is -1.55. The van der Waals surface area contributed by atoms with Crippen LogP contribution in [0, 0.1) is 6.92 Å². The van der Waals surface area contributed by atoms with Gasteiger partial charge in [-0.2, -0.15) is 0 Å². The van der Waals surface area contributed by atoms with Gasteiger partial charge in [-0.1, -0.05) is 6.07 Å². The number of carbonyl (C=O) groups is 1. The largest absolute Gasteiger partial charge is 0.399 e. The van der Waals surface area contributed by atoms with Gasteiger partial charge in [0, 0.05) is 17.3 Å². The summed E-state index contributed by atoms with van der Waals surface area (Å²) in [5.41, 5.74) is 7.93. The van der Waals surface area contributed by atoms with Crippen LogP contribution in [0.3, 0.4) is 0 Å². The molecule has 0 fully saturated rings. The zero-order chi connectivity index (χ0) is 13.7. The summed E-state index contributed by atoms with van der Waals surface area (Å²) in [6, 6.07) is 5.56. The van der Waals surface area contributed by atoms with E-state index in [1.54, 1.807) is 6.07 Å². The first-order valence-corrected chi connectivity index (χ1v) is 6.22. The number of nitrogens with zero attached hydrogens (tertiary/aromatic N) is 1. The van der Waals surface area contributed by atoms with Crippen LogP contribution in [0.4, 0.5) is 5.69 Å². The number of hydrogen-bond donors (Lipinski definition) is 2. The van der Waals surface area contributed by atoms with E-state index in [0.717, 1.165) is 18.5 Å². The van der Waals surface area contributed by atoms with Gasteiger partial charge in [0.05, 0.1) is 0 Å². The molecule has 0 bridgehead atoms. The molecule has 0 aliphatic carbocycles. The number of amides is 1. The summed E-state index contributed by atoms with van der Waals surface area (Å²) in [6.45, 7) is 4.89. The Morgan fingerprint density at radius 1 is 1.44 bits per heavy atom. The molecule has 0 radical (unpaired) electrons. The van der Waals surface area contributed by atoms with E-state index in [4.69, 9.17) is 5.73 Å². The Morgan fingerprint density at radius 3 is 2.72 bits per heavy atom. The first-order chi connectivity index (χ1) is 8.40. The molecule has 1 amide bonds. The number of anilines is 1. The van der Waals surface area contributed by atoms with E-state index in [0.29, 0.717) is 11.3 Å². The molecule has 0 aliphatic heterocycles. The number of nitrogens with one attached hydrogen (secondary N) is 1. The third-order valence-corrected chi connectivity index (χ3v) is 2.89. The third-order valence-electron chi connectivity index (χ3n) is 2.89. The normalized spacial score (nSPS) is 12.5. The van der Waals surface area contributed by atoms with Gasteiger partial charge < -0.3 is 16.0 Å². The Kier molecular flexibility index (Phi) is 5.16. The van der Waals surface area contributed by atoms with Crippen LogP contribution in [0.1, 0.15) is 29.3 Å². The molecule has 0 aromatic heterocycles. The summed E-state index contributed by atoms with van der Waals surface area (Å²) in [7, 11) is 4.05. The van der Waals surface area contributed by atoms with E-state index in [9.17, 15) is 4.79 Å². The van der Waals surface area contributed by atoms with Crippen LogP contribution in [0.2, 0.25) is 0 Å². The lowest BCUT2D eigenvalue weighted by atomic mass is 10.1. The Bertz CT molecular complexity index is 416. The van der Waals surface area contributed by atoms with E-state index >= 15 is 0 Å². The number of hydrogen-bond acceptors (Lipinski definition) is 3. The molecule has 3 N–H and O–H groups in total. The van der Waals surface area contributed by atoms with Crippen LogP contribution >= 0.6 is 0 Å². The van der Waals surface area contributed by atoms with Crippen molar-refractivity contribution in [3.05, 3.63) is 29.3 Å². The second-order valence-electron chi connectivity index (χ2n) is 5.04. The summed E-state index contributed by atoms with van der Waals surface area (Å²) < 4.78 is 0. The van der Waals surface area contributed by atoms with E-state index in [2.05, 4.69) is 10.2 Å². The highest BCUT2D eigenvalue weighted by Gasteiger charge is 2.12. The Morgan fingerprint density at radius 2 is 2.11 bits per heavy atom. The van der Waals surface area contributed by atoms with Crippen molar-refractivity contribution in [3.8, 4) is 0 Å². The minimum Gasteiger partial charge on any atom is -0.399 e. The Balaban J connectivity index is 2.62. The van der Waals surface area contributed by atoms with Crippen LogP contribution in [0.15, 0.2) is 18.2 Å². The topological polar surface area (TPSA) is 58.4 Å². The zero-order valence-electron chi connectivity index (χ0n) is 11.7. The van der Waals surface area contributed by atoms with Crippen molar-refractivity contribution in [1.29, 1.82) is 0 Å². The van der Waals surface area contributed by atoms with Gasteiger partial charge in [0.15, 0.2) is 0 Å². The maximum atomic E-state index is 12.1. The summed E-state index contributed by atoms with van der Waals surface area (Å²) >= 11 is 0. The van der Waals surface area contributed by atoms with E-state index in [1.807, 2.05) is 40.1 Å². The van der Waals surface area contributed by atoms with Crippen molar-refractivity contribution in [1.82, 2.24) is 10.2 Å². The van der Waals surface area contributed by atoms with Gasteiger partial charge in [-0.25, -0.2) is 0 Å². The predicted molar refractivity (Wildman–Crippen MR) is 75.7 cm³/mol. The molecule has 0 heterocycles. The van der Waals surface area contributed by atoms with Gasteiger partial charge in [0.25, 0.3) is 5.91 Å². The SMILES string of the molecule is Cc1ccc(N)cc1C(=O)NC(C)CCN(C)C. The molecule has 100 valence electrons. The fourth-order valence-corrected chi connectivity index (χ4v) is 1.71. The molecule has 4 nitrogen and oxygen atoms in total. The quantitative estimate of drug-likeness (QED) is 0.780. The Labute approximate surface area is 109 Å². The minimum atomic E-state index is -0.0499. The van der Waals surface area contributed by atoms with Crippen LogP contribution in [0.25, 0.3) is 0 Å². The predicted octanol–water partition coefficient (Wildman–Crippen LogP) is 1.65. The van der Waals surface area contributed by atoms with Gasteiger partial charge in [-0.15, -0.1) is 0 Å². The summed E-state index contributed by atoms with van der Waals surface area (Å²) in [5.74, 6) is -0.0499. The molecule has 0 spiro atoms. The molecule has 18 heavy (non-hydrogen) atoms. The third kappa shape index (κ3) is 4.37. The molecule has 1 unspecified atom stereocenters. The fourth-order valence-electron chi connectivity index (χ4n) is 1.71. The lowest BCUT2D eigenvalue weighted by Gasteiger charge is -2.17. The first kappa shape index (κ1) is 14.5.